The summed E-state index contributed by atoms with van der Waals surface area (Å²) in [6.07, 6.45) is 0. The highest BCUT2D eigenvalue weighted by atomic mass is 28.6. The third-order valence-electron chi connectivity index (χ3n) is 7.74. The van der Waals surface area contributed by atoms with Crippen LogP contribution in [0.2, 0.25) is 78.6 Å². The molecule has 0 saturated carbocycles. The van der Waals surface area contributed by atoms with E-state index in [0.29, 0.717) is 0 Å². The van der Waals surface area contributed by atoms with Gasteiger partial charge in [0.2, 0.25) is 0 Å². The molecule has 0 heterocycles. The van der Waals surface area contributed by atoms with E-state index >= 15 is 0 Å². The molecule has 0 aromatic heterocycles. The second-order valence-electron chi connectivity index (χ2n) is 15.1. The van der Waals surface area contributed by atoms with Crippen molar-refractivity contribution in [1.82, 2.24) is 0 Å². The molecule has 0 aliphatic rings. The minimum atomic E-state index is -4.50. The monoisotopic (exact) mass is 872 g/mol. The molecular weight excluding hydrogens is 813 g/mol. The summed E-state index contributed by atoms with van der Waals surface area (Å²) >= 11 is 0. The predicted octanol–water partition coefficient (Wildman–Crippen LogP) is 5.41. The molecule has 0 unspecified atom stereocenters. The van der Waals surface area contributed by atoms with Gasteiger partial charge in [-0.05, 0) is 99.3 Å². The van der Waals surface area contributed by atoms with Crippen LogP contribution in [0.5, 0.6) is 0 Å². The van der Waals surface area contributed by atoms with Crippen molar-refractivity contribution in [3.8, 4) is 0 Å². The first-order chi connectivity index (χ1) is 24.9. The molecular formula is C36H60O8Si9. The van der Waals surface area contributed by atoms with Crippen molar-refractivity contribution >= 4 is 100 Å². The Balaban J connectivity index is 2.19. The summed E-state index contributed by atoms with van der Waals surface area (Å²) in [5, 5.41) is 3.79. The highest BCUT2D eigenvalue weighted by Crippen LogP contribution is 2.32. The minimum Gasteiger partial charge on any atom is -0.439 e. The van der Waals surface area contributed by atoms with E-state index in [4.69, 9.17) is 32.9 Å². The second kappa shape index (κ2) is 19.1. The molecule has 4 rings (SSSR count). The van der Waals surface area contributed by atoms with Crippen LogP contribution in [0.4, 0.5) is 0 Å². The van der Waals surface area contributed by atoms with Gasteiger partial charge in [-0.25, -0.2) is 0 Å². The average molecular weight is 874 g/mol. The van der Waals surface area contributed by atoms with Gasteiger partial charge in [-0.2, -0.15) is 0 Å². The fraction of sp³-hybridized carbons (Fsp3) is 0.333. The van der Waals surface area contributed by atoms with Crippen LogP contribution in [-0.2, 0) is 32.9 Å². The third-order valence-corrected chi connectivity index (χ3v) is 37.1. The molecule has 0 aliphatic carbocycles. The molecule has 0 bridgehead atoms. The van der Waals surface area contributed by atoms with Crippen LogP contribution in [0, 0.1) is 0 Å². The average Bonchev–Trinajstić information content (AvgIpc) is 3.07. The van der Waals surface area contributed by atoms with Gasteiger partial charge < -0.3 is 32.9 Å². The second-order valence-corrected chi connectivity index (χ2v) is 41.9. The zero-order valence-electron chi connectivity index (χ0n) is 33.6. The lowest BCUT2D eigenvalue weighted by Crippen LogP contribution is -2.79. The van der Waals surface area contributed by atoms with Gasteiger partial charge in [0.25, 0.3) is 0 Å². The van der Waals surface area contributed by atoms with E-state index in [1.165, 1.54) is 0 Å². The molecule has 53 heavy (non-hydrogen) atoms. The molecule has 0 radical (unpaired) electrons. The summed E-state index contributed by atoms with van der Waals surface area (Å²) in [5.41, 5.74) is 0. The summed E-state index contributed by atoms with van der Waals surface area (Å²) in [6, 6.07) is 41.2. The summed E-state index contributed by atoms with van der Waals surface area (Å²) in [5.74, 6) is 0. The van der Waals surface area contributed by atoms with E-state index in [9.17, 15) is 0 Å². The Bertz CT molecular complexity index is 1470. The van der Waals surface area contributed by atoms with Gasteiger partial charge in [0.05, 0.1) is 0 Å². The summed E-state index contributed by atoms with van der Waals surface area (Å²) in [7, 11) is -24.8. The largest absolute Gasteiger partial charge is 0.644 e. The van der Waals surface area contributed by atoms with Crippen molar-refractivity contribution in [1.29, 1.82) is 0 Å². The van der Waals surface area contributed by atoms with Crippen LogP contribution < -0.4 is 20.7 Å². The molecule has 0 amide bonds. The fourth-order valence-corrected chi connectivity index (χ4v) is 41.5. The van der Waals surface area contributed by atoms with E-state index < -0.39 is 79.5 Å². The standard InChI is InChI=1S/C36H60O8Si9/c1-45(2)37-49(9,10)41-53(42-50(11,12)38-46(3)4,43-51(39-47(5)6,33-25-17-13-18-26-33)34-27-19-14-20-28-34)44-52(40-48(7)8,35-29-21-15-22-30-35)36-31-23-16-24-32-36/h13-32,45-48H,1-12H3. The number of hydrogen-bond acceptors (Lipinski definition) is 8. The van der Waals surface area contributed by atoms with Crippen LogP contribution in [0.1, 0.15) is 0 Å². The third kappa shape index (κ3) is 12.2. The van der Waals surface area contributed by atoms with E-state index in [-0.39, 0.29) is 0 Å². The molecule has 4 aromatic carbocycles. The molecule has 288 valence electrons. The van der Waals surface area contributed by atoms with Crippen molar-refractivity contribution in [3.63, 3.8) is 0 Å². The molecule has 0 fully saturated rings. The van der Waals surface area contributed by atoms with Gasteiger partial charge in [-0.15, -0.1) is 0 Å². The Morgan fingerprint density at radius 1 is 0.321 bits per heavy atom. The lowest BCUT2D eigenvalue weighted by atomic mass is 10.4. The zero-order valence-corrected chi connectivity index (χ0v) is 43.2. The van der Waals surface area contributed by atoms with Crippen molar-refractivity contribution < 1.29 is 32.9 Å². The molecule has 0 N–H and O–H groups in total. The molecule has 0 saturated heterocycles. The Hall–Kier alpha value is -1.49. The molecule has 0 aliphatic heterocycles. The van der Waals surface area contributed by atoms with Crippen LogP contribution >= 0.6 is 0 Å². The van der Waals surface area contributed by atoms with Gasteiger partial charge in [0, 0.05) is 0 Å². The maximum atomic E-state index is 7.96. The smallest absolute Gasteiger partial charge is 0.439 e. The number of rotatable bonds is 20. The van der Waals surface area contributed by atoms with E-state index in [1.54, 1.807) is 0 Å². The van der Waals surface area contributed by atoms with Crippen LogP contribution in [0.3, 0.4) is 0 Å². The highest BCUT2D eigenvalue weighted by Gasteiger charge is 2.66. The number of hydrogen-bond donors (Lipinski definition) is 0. The maximum absolute atomic E-state index is 7.96. The first-order valence-corrected chi connectivity index (χ1v) is 40.7. The van der Waals surface area contributed by atoms with Crippen LogP contribution in [-0.4, -0.2) is 79.5 Å². The molecule has 8 nitrogen and oxygen atoms in total. The molecule has 0 spiro atoms. The Kier molecular flexibility index (Phi) is 15.9. The van der Waals surface area contributed by atoms with Crippen LogP contribution in [0.15, 0.2) is 121 Å². The van der Waals surface area contributed by atoms with Crippen molar-refractivity contribution in [3.05, 3.63) is 121 Å². The Labute approximate surface area is 331 Å². The Morgan fingerprint density at radius 2 is 0.547 bits per heavy atom. The van der Waals surface area contributed by atoms with Gasteiger partial charge >= 0.3 is 43.3 Å². The molecule has 4 aromatic rings. The zero-order chi connectivity index (χ0) is 38.9. The van der Waals surface area contributed by atoms with E-state index in [0.717, 1.165) is 20.7 Å². The van der Waals surface area contributed by atoms with Gasteiger partial charge in [-0.3, -0.25) is 0 Å². The van der Waals surface area contributed by atoms with Crippen molar-refractivity contribution in [2.75, 3.05) is 0 Å². The van der Waals surface area contributed by atoms with Crippen molar-refractivity contribution in [2.24, 2.45) is 0 Å². The quantitative estimate of drug-likeness (QED) is 0.109. The van der Waals surface area contributed by atoms with Gasteiger partial charge in [-0.1, -0.05) is 121 Å². The topological polar surface area (TPSA) is 73.8 Å². The SMILES string of the molecule is C[SiH](C)O[Si](C)(C)O[Si](O[Si](C)(C)O[SiH](C)C)(O[Si](O[SiH](C)C)(c1ccccc1)c1ccccc1)O[Si](O[SiH](C)C)(c1ccccc1)c1ccccc1. The van der Waals surface area contributed by atoms with E-state index in [2.05, 4.69) is 127 Å². The molecule has 17 heteroatoms. The summed E-state index contributed by atoms with van der Waals surface area (Å²) in [4.78, 5) is 0. The van der Waals surface area contributed by atoms with E-state index in [1.807, 2.05) is 72.8 Å². The summed E-state index contributed by atoms with van der Waals surface area (Å²) in [6.45, 7) is 25.7. The first-order valence-electron chi connectivity index (χ1n) is 18.7. The van der Waals surface area contributed by atoms with Gasteiger partial charge in [0.1, 0.15) is 0 Å². The fourth-order valence-electron chi connectivity index (χ4n) is 6.45. The highest BCUT2D eigenvalue weighted by molar-refractivity contribution is 7.04. The lowest BCUT2D eigenvalue weighted by molar-refractivity contribution is 0.109. The predicted molar refractivity (Wildman–Crippen MR) is 241 cm³/mol. The maximum Gasteiger partial charge on any atom is 0.644 e. The number of benzene rings is 4. The summed E-state index contributed by atoms with van der Waals surface area (Å²) < 4.78 is 59.3. The van der Waals surface area contributed by atoms with Crippen LogP contribution in [0.25, 0.3) is 0 Å². The first kappa shape index (κ1) is 44.2. The van der Waals surface area contributed by atoms with Crippen molar-refractivity contribution in [2.45, 2.75) is 78.6 Å². The normalized spacial score (nSPS) is 13.4. The molecule has 0 atom stereocenters. The Morgan fingerprint density at radius 3 is 0.755 bits per heavy atom. The van der Waals surface area contributed by atoms with Gasteiger partial charge in [0.15, 0.2) is 36.2 Å². The minimum absolute atomic E-state index is 0.947. The lowest BCUT2D eigenvalue weighted by Gasteiger charge is -2.48.